The molecule has 0 aliphatic carbocycles. The quantitative estimate of drug-likeness (QED) is 0.909. The summed E-state index contributed by atoms with van der Waals surface area (Å²) in [6, 6.07) is 13.5. The van der Waals surface area contributed by atoms with Gasteiger partial charge in [-0.2, -0.15) is 0 Å². The van der Waals surface area contributed by atoms with E-state index >= 15 is 0 Å². The van der Waals surface area contributed by atoms with Gasteiger partial charge in [-0.25, -0.2) is 0 Å². The van der Waals surface area contributed by atoms with Gasteiger partial charge in [-0.3, -0.25) is 9.88 Å². The summed E-state index contributed by atoms with van der Waals surface area (Å²) in [6.45, 7) is 4.98. The Bertz CT molecular complexity index is 681. The van der Waals surface area contributed by atoms with E-state index in [4.69, 9.17) is 4.74 Å². The zero-order valence-corrected chi connectivity index (χ0v) is 14.8. The second kappa shape index (κ2) is 7.98. The Morgan fingerprint density at radius 3 is 3.04 bits per heavy atom. The van der Waals surface area contributed by atoms with E-state index in [-0.39, 0.29) is 0 Å². The van der Waals surface area contributed by atoms with Crippen LogP contribution in [0, 0.1) is 0 Å². The summed E-state index contributed by atoms with van der Waals surface area (Å²) in [7, 11) is 0. The van der Waals surface area contributed by atoms with Gasteiger partial charge in [0, 0.05) is 31.7 Å². The molecule has 4 nitrogen and oxygen atoms in total. The Hall–Kier alpha value is -1.91. The van der Waals surface area contributed by atoms with Crippen molar-refractivity contribution in [3.05, 3.63) is 59.4 Å². The Balaban J connectivity index is 1.53. The van der Waals surface area contributed by atoms with Crippen molar-refractivity contribution in [1.29, 1.82) is 0 Å². The summed E-state index contributed by atoms with van der Waals surface area (Å²) in [6.07, 6.45) is 6.65. The fourth-order valence-corrected chi connectivity index (χ4v) is 3.95. The third kappa shape index (κ3) is 4.20. The third-order valence-electron chi connectivity index (χ3n) is 5.29. The van der Waals surface area contributed by atoms with Crippen LogP contribution in [-0.4, -0.2) is 35.6 Å². The van der Waals surface area contributed by atoms with E-state index in [1.54, 1.807) is 0 Å². The Morgan fingerprint density at radius 2 is 2.12 bits per heavy atom. The highest BCUT2D eigenvalue weighted by Crippen LogP contribution is 2.27. The van der Waals surface area contributed by atoms with E-state index in [9.17, 15) is 0 Å². The molecule has 1 N–H and O–H groups in total. The third-order valence-corrected chi connectivity index (χ3v) is 5.29. The zero-order valence-electron chi connectivity index (χ0n) is 14.8. The second-order valence-electron chi connectivity index (χ2n) is 7.10. The van der Waals surface area contributed by atoms with Gasteiger partial charge >= 0.3 is 0 Å². The Labute approximate surface area is 150 Å². The van der Waals surface area contributed by atoms with Gasteiger partial charge in [0.2, 0.25) is 0 Å². The number of aromatic nitrogens is 1. The molecular weight excluding hydrogens is 310 g/mol. The second-order valence-corrected chi connectivity index (χ2v) is 7.10. The molecule has 0 spiro atoms. The summed E-state index contributed by atoms with van der Waals surface area (Å²) >= 11 is 0. The lowest BCUT2D eigenvalue weighted by Gasteiger charge is -2.31. The highest BCUT2D eigenvalue weighted by Gasteiger charge is 2.22. The maximum absolute atomic E-state index is 5.66. The van der Waals surface area contributed by atoms with Crippen LogP contribution in [0.2, 0.25) is 0 Å². The number of hydrogen-bond donors (Lipinski definition) is 1. The highest BCUT2D eigenvalue weighted by atomic mass is 16.5. The molecule has 2 aromatic rings. The SMILES string of the molecule is c1ccc(CN(Cc2ccc3c(c2)CCO3)[C@H]2CCCNCC2)nc1. The standard InChI is InChI=1S/C21H27N3O/c1-2-11-23-19(4-1)16-24(20-5-3-10-22-12-8-20)15-17-6-7-21-18(14-17)9-13-25-21/h1-2,4,6-7,11,14,20,22H,3,5,8-10,12-13,15-16H2/t20-/m0/s1. The first kappa shape index (κ1) is 16.6. The van der Waals surface area contributed by atoms with Gasteiger partial charge in [0.05, 0.1) is 12.3 Å². The Morgan fingerprint density at radius 1 is 1.12 bits per heavy atom. The van der Waals surface area contributed by atoms with Crippen molar-refractivity contribution in [2.24, 2.45) is 0 Å². The molecule has 2 aliphatic rings. The lowest BCUT2D eigenvalue weighted by Crippen LogP contribution is -2.35. The molecule has 0 bridgehead atoms. The summed E-state index contributed by atoms with van der Waals surface area (Å²) in [5.74, 6) is 1.07. The van der Waals surface area contributed by atoms with Gasteiger partial charge in [-0.1, -0.05) is 18.2 Å². The minimum absolute atomic E-state index is 0.613. The first-order chi connectivity index (χ1) is 12.4. The van der Waals surface area contributed by atoms with Gasteiger partial charge in [0.1, 0.15) is 5.75 Å². The summed E-state index contributed by atoms with van der Waals surface area (Å²) < 4.78 is 5.66. The van der Waals surface area contributed by atoms with E-state index < -0.39 is 0 Å². The van der Waals surface area contributed by atoms with Gasteiger partial charge in [-0.15, -0.1) is 0 Å². The largest absolute Gasteiger partial charge is 0.493 e. The van der Waals surface area contributed by atoms with E-state index in [0.29, 0.717) is 6.04 Å². The van der Waals surface area contributed by atoms with E-state index in [1.165, 1.54) is 30.4 Å². The normalized spacial score (nSPS) is 20.1. The highest BCUT2D eigenvalue weighted by molar-refractivity contribution is 5.39. The fourth-order valence-electron chi connectivity index (χ4n) is 3.95. The van der Waals surface area contributed by atoms with Gasteiger partial charge < -0.3 is 10.1 Å². The predicted octanol–water partition coefficient (Wildman–Crippen LogP) is 3.16. The molecule has 0 amide bonds. The van der Waals surface area contributed by atoms with Crippen molar-refractivity contribution in [2.75, 3.05) is 19.7 Å². The lowest BCUT2D eigenvalue weighted by atomic mass is 10.0. The van der Waals surface area contributed by atoms with E-state index in [1.807, 2.05) is 12.3 Å². The summed E-state index contributed by atoms with van der Waals surface area (Å²) in [5.41, 5.74) is 3.90. The van der Waals surface area contributed by atoms with Crippen LogP contribution in [0.3, 0.4) is 0 Å². The van der Waals surface area contributed by atoms with Gasteiger partial charge in [-0.05, 0) is 61.7 Å². The number of nitrogens with one attached hydrogen (secondary N) is 1. The monoisotopic (exact) mass is 337 g/mol. The molecule has 1 atom stereocenters. The maximum Gasteiger partial charge on any atom is 0.122 e. The number of ether oxygens (including phenoxy) is 1. The average molecular weight is 337 g/mol. The number of benzene rings is 1. The molecule has 0 unspecified atom stereocenters. The minimum atomic E-state index is 0.613. The predicted molar refractivity (Wildman–Crippen MR) is 99.6 cm³/mol. The van der Waals surface area contributed by atoms with Crippen LogP contribution in [0.4, 0.5) is 0 Å². The van der Waals surface area contributed by atoms with E-state index in [2.05, 4.69) is 45.5 Å². The van der Waals surface area contributed by atoms with Crippen molar-refractivity contribution >= 4 is 0 Å². The topological polar surface area (TPSA) is 37.4 Å². The number of rotatable bonds is 5. The molecule has 0 radical (unpaired) electrons. The van der Waals surface area contributed by atoms with Crippen molar-refractivity contribution in [2.45, 2.75) is 44.8 Å². The lowest BCUT2D eigenvalue weighted by molar-refractivity contribution is 0.162. The minimum Gasteiger partial charge on any atom is -0.493 e. The number of fused-ring (bicyclic) bond motifs is 1. The van der Waals surface area contributed by atoms with Gasteiger partial charge in [0.25, 0.3) is 0 Å². The molecular formula is C21H27N3O. The number of hydrogen-bond acceptors (Lipinski definition) is 4. The maximum atomic E-state index is 5.66. The van der Waals surface area contributed by atoms with Crippen molar-refractivity contribution < 1.29 is 4.74 Å². The van der Waals surface area contributed by atoms with Crippen LogP contribution in [0.1, 0.15) is 36.1 Å². The molecule has 1 aromatic heterocycles. The first-order valence-electron chi connectivity index (χ1n) is 9.48. The van der Waals surface area contributed by atoms with Crippen LogP contribution < -0.4 is 10.1 Å². The average Bonchev–Trinajstić information content (AvgIpc) is 2.94. The van der Waals surface area contributed by atoms with Crippen LogP contribution in [0.15, 0.2) is 42.6 Å². The van der Waals surface area contributed by atoms with Crippen molar-refractivity contribution in [3.8, 4) is 5.75 Å². The number of pyridine rings is 1. The molecule has 4 heteroatoms. The summed E-state index contributed by atoms with van der Waals surface area (Å²) in [4.78, 5) is 7.18. The van der Waals surface area contributed by atoms with E-state index in [0.717, 1.165) is 50.7 Å². The molecule has 1 saturated heterocycles. The molecule has 1 fully saturated rings. The van der Waals surface area contributed by atoms with Crippen LogP contribution in [-0.2, 0) is 19.5 Å². The molecule has 0 saturated carbocycles. The molecule has 1 aromatic carbocycles. The smallest absolute Gasteiger partial charge is 0.122 e. The van der Waals surface area contributed by atoms with Crippen LogP contribution >= 0.6 is 0 Å². The molecule has 132 valence electrons. The first-order valence-corrected chi connectivity index (χ1v) is 9.48. The van der Waals surface area contributed by atoms with Gasteiger partial charge in [0.15, 0.2) is 0 Å². The van der Waals surface area contributed by atoms with Crippen LogP contribution in [0.25, 0.3) is 0 Å². The molecule has 3 heterocycles. The fraction of sp³-hybridized carbons (Fsp3) is 0.476. The zero-order chi connectivity index (χ0) is 16.9. The van der Waals surface area contributed by atoms with Crippen molar-refractivity contribution in [1.82, 2.24) is 15.2 Å². The number of nitrogens with zero attached hydrogens (tertiary/aromatic N) is 2. The molecule has 25 heavy (non-hydrogen) atoms. The molecule has 2 aliphatic heterocycles. The van der Waals surface area contributed by atoms with Crippen LogP contribution in [0.5, 0.6) is 5.75 Å². The summed E-state index contributed by atoms with van der Waals surface area (Å²) in [5, 5.41) is 3.53. The van der Waals surface area contributed by atoms with Crippen molar-refractivity contribution in [3.63, 3.8) is 0 Å². The molecule has 4 rings (SSSR count). The Kier molecular flexibility index (Phi) is 5.28.